The lowest BCUT2D eigenvalue weighted by molar-refractivity contribution is -0.138. The fourth-order valence-corrected chi connectivity index (χ4v) is 3.77. The van der Waals surface area contributed by atoms with Gasteiger partial charge in [0.05, 0.1) is 6.54 Å². The van der Waals surface area contributed by atoms with Crippen molar-refractivity contribution in [2.24, 2.45) is 5.92 Å². The van der Waals surface area contributed by atoms with Gasteiger partial charge in [-0.25, -0.2) is 0 Å². The van der Waals surface area contributed by atoms with E-state index in [1.54, 1.807) is 0 Å². The molecule has 0 radical (unpaired) electrons. The largest absolute Gasteiger partial charge is 0.340 e. The van der Waals surface area contributed by atoms with Gasteiger partial charge in [-0.3, -0.25) is 9.69 Å². The Hall–Kier alpha value is -1.43. The normalized spacial score (nSPS) is 24.1. The van der Waals surface area contributed by atoms with Crippen molar-refractivity contribution in [1.82, 2.24) is 19.9 Å². The average molecular weight is 318 g/mol. The highest BCUT2D eigenvalue weighted by Gasteiger charge is 2.30. The predicted molar refractivity (Wildman–Crippen MR) is 84.7 cm³/mol. The molecule has 6 nitrogen and oxygen atoms in total. The fourth-order valence-electron chi connectivity index (χ4n) is 3.77. The second-order valence-corrected chi connectivity index (χ2v) is 7.26. The Morgan fingerprint density at radius 3 is 2.48 bits per heavy atom. The van der Waals surface area contributed by atoms with Crippen molar-refractivity contribution in [2.75, 3.05) is 26.2 Å². The number of piperazine rings is 1. The standard InChI is InChI=1S/C17H26N4O2/c22-17(14-4-2-1-3-5-14)21-10-8-20(9-11-21)12-15-18-16(19-23-15)13-6-7-13/h13-14H,1-12H2. The van der Waals surface area contributed by atoms with E-state index in [9.17, 15) is 4.79 Å². The molecule has 6 heteroatoms. The number of carbonyl (C=O) groups is 1. The first-order chi connectivity index (χ1) is 11.3. The van der Waals surface area contributed by atoms with Crippen molar-refractivity contribution in [3.05, 3.63) is 11.7 Å². The summed E-state index contributed by atoms with van der Waals surface area (Å²) in [5.74, 6) is 2.81. The van der Waals surface area contributed by atoms with E-state index in [2.05, 4.69) is 19.9 Å². The minimum Gasteiger partial charge on any atom is -0.340 e. The van der Waals surface area contributed by atoms with Crippen molar-refractivity contribution in [3.63, 3.8) is 0 Å². The molecule has 1 aliphatic heterocycles. The molecule has 0 unspecified atom stereocenters. The van der Waals surface area contributed by atoms with E-state index < -0.39 is 0 Å². The molecule has 0 spiro atoms. The Morgan fingerprint density at radius 1 is 1.04 bits per heavy atom. The van der Waals surface area contributed by atoms with Gasteiger partial charge in [-0.2, -0.15) is 4.98 Å². The highest BCUT2D eigenvalue weighted by molar-refractivity contribution is 5.79. The molecule has 3 aliphatic rings. The third-order valence-corrected chi connectivity index (χ3v) is 5.42. The maximum Gasteiger partial charge on any atom is 0.240 e. The molecule has 0 bridgehead atoms. The Morgan fingerprint density at radius 2 is 1.78 bits per heavy atom. The van der Waals surface area contributed by atoms with E-state index in [-0.39, 0.29) is 5.92 Å². The first kappa shape index (κ1) is 15.1. The first-order valence-corrected chi connectivity index (χ1v) is 9.13. The summed E-state index contributed by atoms with van der Waals surface area (Å²) in [6.07, 6.45) is 8.30. The summed E-state index contributed by atoms with van der Waals surface area (Å²) >= 11 is 0. The third kappa shape index (κ3) is 3.57. The number of hydrogen-bond donors (Lipinski definition) is 0. The molecule has 23 heavy (non-hydrogen) atoms. The number of amides is 1. The summed E-state index contributed by atoms with van der Waals surface area (Å²) in [6.45, 7) is 4.18. The van der Waals surface area contributed by atoms with Crippen LogP contribution in [-0.4, -0.2) is 52.0 Å². The van der Waals surface area contributed by atoms with Gasteiger partial charge in [0, 0.05) is 38.0 Å². The van der Waals surface area contributed by atoms with Crippen LogP contribution >= 0.6 is 0 Å². The molecule has 1 saturated heterocycles. The molecule has 3 fully saturated rings. The molecule has 2 saturated carbocycles. The SMILES string of the molecule is O=C(C1CCCCC1)N1CCN(Cc2nc(C3CC3)no2)CC1. The molecule has 0 N–H and O–H groups in total. The minimum atomic E-state index is 0.285. The van der Waals surface area contributed by atoms with Crippen LogP contribution in [0.4, 0.5) is 0 Å². The monoisotopic (exact) mass is 318 g/mol. The fraction of sp³-hybridized carbons (Fsp3) is 0.824. The molecular weight excluding hydrogens is 292 g/mol. The number of nitrogens with zero attached hydrogens (tertiary/aromatic N) is 4. The molecule has 1 aromatic heterocycles. The molecule has 1 aromatic rings. The Kier molecular flexibility index (Phi) is 4.33. The van der Waals surface area contributed by atoms with Gasteiger partial charge >= 0.3 is 0 Å². The summed E-state index contributed by atoms with van der Waals surface area (Å²) in [5, 5.41) is 4.07. The van der Waals surface area contributed by atoms with Gasteiger partial charge in [0.15, 0.2) is 5.82 Å². The second kappa shape index (κ2) is 6.59. The van der Waals surface area contributed by atoms with Crippen LogP contribution in [0.1, 0.15) is 62.6 Å². The van der Waals surface area contributed by atoms with E-state index >= 15 is 0 Å². The molecule has 4 rings (SSSR count). The summed E-state index contributed by atoms with van der Waals surface area (Å²) in [7, 11) is 0. The quantitative estimate of drug-likeness (QED) is 0.851. The molecular formula is C17H26N4O2. The molecule has 1 amide bonds. The zero-order valence-electron chi connectivity index (χ0n) is 13.7. The highest BCUT2D eigenvalue weighted by Crippen LogP contribution is 2.38. The first-order valence-electron chi connectivity index (χ1n) is 9.13. The summed E-state index contributed by atoms with van der Waals surface area (Å²) in [5.41, 5.74) is 0. The van der Waals surface area contributed by atoms with Gasteiger partial charge in [-0.15, -0.1) is 0 Å². The van der Waals surface area contributed by atoms with Gasteiger partial charge in [0.25, 0.3) is 0 Å². The smallest absolute Gasteiger partial charge is 0.240 e. The van der Waals surface area contributed by atoms with Crippen molar-refractivity contribution < 1.29 is 9.32 Å². The highest BCUT2D eigenvalue weighted by atomic mass is 16.5. The molecule has 0 aromatic carbocycles. The van der Waals surface area contributed by atoms with Crippen LogP contribution in [0.2, 0.25) is 0 Å². The van der Waals surface area contributed by atoms with Crippen LogP contribution in [0.3, 0.4) is 0 Å². The minimum absolute atomic E-state index is 0.285. The van der Waals surface area contributed by atoms with Crippen LogP contribution < -0.4 is 0 Å². The van der Waals surface area contributed by atoms with Crippen LogP contribution in [-0.2, 0) is 11.3 Å². The molecule has 2 aliphatic carbocycles. The maximum atomic E-state index is 12.6. The maximum absolute atomic E-state index is 12.6. The summed E-state index contributed by atoms with van der Waals surface area (Å²) in [4.78, 5) is 21.4. The van der Waals surface area contributed by atoms with Gasteiger partial charge in [-0.05, 0) is 25.7 Å². The number of rotatable bonds is 4. The van der Waals surface area contributed by atoms with Crippen LogP contribution in [0.5, 0.6) is 0 Å². The third-order valence-electron chi connectivity index (χ3n) is 5.42. The van der Waals surface area contributed by atoms with E-state index in [1.165, 1.54) is 32.1 Å². The number of aromatic nitrogens is 2. The van der Waals surface area contributed by atoms with Gasteiger partial charge in [0.2, 0.25) is 11.8 Å². The second-order valence-electron chi connectivity index (χ2n) is 7.26. The van der Waals surface area contributed by atoms with Gasteiger partial charge in [-0.1, -0.05) is 24.4 Å². The zero-order valence-corrected chi connectivity index (χ0v) is 13.7. The van der Waals surface area contributed by atoms with Crippen molar-refractivity contribution in [2.45, 2.75) is 57.4 Å². The summed E-state index contributed by atoms with van der Waals surface area (Å²) in [6, 6.07) is 0. The van der Waals surface area contributed by atoms with E-state index in [1.807, 2.05) is 0 Å². The Bertz CT molecular complexity index is 541. The average Bonchev–Trinajstić information content (AvgIpc) is 3.36. The van der Waals surface area contributed by atoms with E-state index in [0.29, 0.717) is 18.4 Å². The van der Waals surface area contributed by atoms with E-state index in [0.717, 1.165) is 50.7 Å². The lowest BCUT2D eigenvalue weighted by Crippen LogP contribution is -2.50. The number of hydrogen-bond acceptors (Lipinski definition) is 5. The Labute approximate surface area is 137 Å². The van der Waals surface area contributed by atoms with Crippen LogP contribution in [0, 0.1) is 5.92 Å². The predicted octanol–water partition coefficient (Wildman–Crippen LogP) is 2.17. The number of carbonyl (C=O) groups excluding carboxylic acids is 1. The molecule has 0 atom stereocenters. The van der Waals surface area contributed by atoms with Crippen molar-refractivity contribution in [1.29, 1.82) is 0 Å². The lowest BCUT2D eigenvalue weighted by Gasteiger charge is -2.36. The van der Waals surface area contributed by atoms with Gasteiger partial charge < -0.3 is 9.42 Å². The Balaban J connectivity index is 1.25. The topological polar surface area (TPSA) is 62.5 Å². The van der Waals surface area contributed by atoms with Crippen LogP contribution in [0.25, 0.3) is 0 Å². The van der Waals surface area contributed by atoms with Gasteiger partial charge in [0.1, 0.15) is 0 Å². The lowest BCUT2D eigenvalue weighted by atomic mass is 9.88. The van der Waals surface area contributed by atoms with Crippen molar-refractivity contribution in [3.8, 4) is 0 Å². The molecule has 126 valence electrons. The zero-order chi connectivity index (χ0) is 15.6. The van der Waals surface area contributed by atoms with Crippen LogP contribution in [0.15, 0.2) is 4.52 Å². The summed E-state index contributed by atoms with van der Waals surface area (Å²) < 4.78 is 5.35. The van der Waals surface area contributed by atoms with E-state index in [4.69, 9.17) is 4.52 Å². The van der Waals surface area contributed by atoms with Crippen molar-refractivity contribution >= 4 is 5.91 Å². The molecule has 2 heterocycles.